The molecular weight excluding hydrogens is 322 g/mol. The predicted molar refractivity (Wildman–Crippen MR) is 89.6 cm³/mol. The average molecular weight is 345 g/mol. The number of aliphatic carboxylic acids is 1. The van der Waals surface area contributed by atoms with Crippen molar-refractivity contribution < 1.29 is 24.5 Å². The van der Waals surface area contributed by atoms with E-state index in [1.807, 2.05) is 12.1 Å². The molecule has 25 heavy (non-hydrogen) atoms. The topological polar surface area (TPSA) is 99.8 Å². The first kappa shape index (κ1) is 17.6. The lowest BCUT2D eigenvalue weighted by Gasteiger charge is -2.38. The van der Waals surface area contributed by atoms with Gasteiger partial charge in [-0.15, -0.1) is 0 Å². The Morgan fingerprint density at radius 3 is 2.48 bits per heavy atom. The molecule has 0 heterocycles. The van der Waals surface area contributed by atoms with E-state index in [1.165, 1.54) is 12.8 Å². The fourth-order valence-corrected chi connectivity index (χ4v) is 3.35. The minimum absolute atomic E-state index is 0.0557. The van der Waals surface area contributed by atoms with E-state index in [2.05, 4.69) is 6.07 Å². The maximum atomic E-state index is 11.2. The number of hydrogen-bond acceptors (Lipinski definition) is 5. The number of rotatable bonds is 6. The molecule has 0 saturated heterocycles. The van der Waals surface area contributed by atoms with Gasteiger partial charge in [-0.2, -0.15) is 5.26 Å². The summed E-state index contributed by atoms with van der Waals surface area (Å²) < 4.78 is 11.2. The Balaban J connectivity index is 1.84. The number of carbonyl (C=O) groups is 1. The highest BCUT2D eigenvalue weighted by Gasteiger charge is 2.47. The summed E-state index contributed by atoms with van der Waals surface area (Å²) in [6, 6.07) is 7.80. The first-order valence-corrected chi connectivity index (χ1v) is 8.61. The highest BCUT2D eigenvalue weighted by molar-refractivity contribution is 5.77. The van der Waals surface area contributed by atoms with Gasteiger partial charge in [-0.1, -0.05) is 6.07 Å². The normalized spacial score (nSPS) is 28.8. The smallest absolute Gasteiger partial charge is 0.335 e. The number of aliphatic hydroxyl groups is 1. The van der Waals surface area contributed by atoms with Crippen LogP contribution >= 0.6 is 0 Å². The molecule has 0 aromatic heterocycles. The summed E-state index contributed by atoms with van der Waals surface area (Å²) in [6.07, 6.45) is 3.05. The number of methoxy groups -OCH3 is 1. The molecule has 134 valence electrons. The van der Waals surface area contributed by atoms with Crippen LogP contribution in [0.5, 0.6) is 11.5 Å². The lowest BCUT2D eigenvalue weighted by molar-refractivity contribution is -0.162. The maximum Gasteiger partial charge on any atom is 0.335 e. The van der Waals surface area contributed by atoms with Crippen LogP contribution in [-0.2, 0) is 10.2 Å². The van der Waals surface area contributed by atoms with Crippen molar-refractivity contribution in [2.75, 3.05) is 13.7 Å². The molecule has 0 aliphatic heterocycles. The summed E-state index contributed by atoms with van der Waals surface area (Å²) in [5.74, 6) is 0.608. The van der Waals surface area contributed by atoms with Gasteiger partial charge in [-0.05, 0) is 62.1 Å². The highest BCUT2D eigenvalue weighted by atomic mass is 16.5. The average Bonchev–Trinajstić information content (AvgIpc) is 3.45. The Hall–Kier alpha value is -2.26. The van der Waals surface area contributed by atoms with Crippen LogP contribution in [0.3, 0.4) is 0 Å². The van der Waals surface area contributed by atoms with Gasteiger partial charge in [0.25, 0.3) is 0 Å². The second-order valence-electron chi connectivity index (χ2n) is 7.15. The molecule has 0 bridgehead atoms. The number of benzene rings is 1. The Kier molecular flexibility index (Phi) is 4.61. The molecule has 6 heteroatoms. The van der Waals surface area contributed by atoms with Crippen molar-refractivity contribution in [2.45, 2.75) is 49.5 Å². The van der Waals surface area contributed by atoms with Crippen LogP contribution in [0.2, 0.25) is 0 Å². The number of hydrogen-bond donors (Lipinski definition) is 2. The van der Waals surface area contributed by atoms with Crippen LogP contribution in [0.15, 0.2) is 18.2 Å². The van der Waals surface area contributed by atoms with Crippen LogP contribution < -0.4 is 9.47 Å². The Bertz CT molecular complexity index is 696. The Morgan fingerprint density at radius 2 is 1.96 bits per heavy atom. The summed E-state index contributed by atoms with van der Waals surface area (Å²) in [6.45, 7) is 0.637. The SMILES string of the molecule is COc1ccc(C2(C#N)CCC(O)(C(=O)O)CC2)cc1OCC1CC1. The van der Waals surface area contributed by atoms with Gasteiger partial charge < -0.3 is 19.7 Å². The molecule has 2 fully saturated rings. The number of ether oxygens (including phenoxy) is 2. The molecule has 2 N–H and O–H groups in total. The molecule has 6 nitrogen and oxygen atoms in total. The fraction of sp³-hybridized carbons (Fsp3) is 0.579. The number of nitriles is 1. The van der Waals surface area contributed by atoms with Gasteiger partial charge in [0.15, 0.2) is 17.1 Å². The van der Waals surface area contributed by atoms with E-state index in [0.717, 1.165) is 5.56 Å². The third kappa shape index (κ3) is 3.42. The molecule has 0 amide bonds. The summed E-state index contributed by atoms with van der Waals surface area (Å²) in [4.78, 5) is 11.2. The summed E-state index contributed by atoms with van der Waals surface area (Å²) >= 11 is 0. The van der Waals surface area contributed by atoms with E-state index in [-0.39, 0.29) is 12.8 Å². The molecule has 1 aromatic carbocycles. The van der Waals surface area contributed by atoms with Crippen molar-refractivity contribution >= 4 is 5.97 Å². The summed E-state index contributed by atoms with van der Waals surface area (Å²) in [7, 11) is 1.58. The largest absolute Gasteiger partial charge is 0.493 e. The molecule has 2 aliphatic carbocycles. The summed E-state index contributed by atoms with van der Waals surface area (Å²) in [5.41, 5.74) is -1.77. The molecular formula is C19H23NO5. The van der Waals surface area contributed by atoms with Crippen LogP contribution in [-0.4, -0.2) is 35.5 Å². The molecule has 0 spiro atoms. The quantitative estimate of drug-likeness (QED) is 0.822. The third-order valence-electron chi connectivity index (χ3n) is 5.43. The number of carboxylic acid groups (broad SMARTS) is 1. The van der Waals surface area contributed by atoms with E-state index in [0.29, 0.717) is 36.9 Å². The van der Waals surface area contributed by atoms with E-state index in [1.54, 1.807) is 13.2 Å². The van der Waals surface area contributed by atoms with Crippen LogP contribution in [0.4, 0.5) is 0 Å². The first-order chi connectivity index (χ1) is 11.9. The molecule has 0 atom stereocenters. The van der Waals surface area contributed by atoms with Gasteiger partial charge in [0, 0.05) is 0 Å². The van der Waals surface area contributed by atoms with E-state index >= 15 is 0 Å². The maximum absolute atomic E-state index is 11.2. The van der Waals surface area contributed by atoms with Crippen molar-refractivity contribution in [2.24, 2.45) is 5.92 Å². The molecule has 0 radical (unpaired) electrons. The van der Waals surface area contributed by atoms with Crippen molar-refractivity contribution in [1.29, 1.82) is 5.26 Å². The highest BCUT2D eigenvalue weighted by Crippen LogP contribution is 2.45. The Labute approximate surface area is 147 Å². The second kappa shape index (κ2) is 6.57. The molecule has 0 unspecified atom stereocenters. The molecule has 2 saturated carbocycles. The van der Waals surface area contributed by atoms with Crippen molar-refractivity contribution in [3.63, 3.8) is 0 Å². The monoisotopic (exact) mass is 345 g/mol. The first-order valence-electron chi connectivity index (χ1n) is 8.61. The molecule has 3 rings (SSSR count). The van der Waals surface area contributed by atoms with Gasteiger partial charge in [-0.3, -0.25) is 0 Å². The van der Waals surface area contributed by atoms with Gasteiger partial charge >= 0.3 is 5.97 Å². The van der Waals surface area contributed by atoms with Crippen molar-refractivity contribution in [3.05, 3.63) is 23.8 Å². The zero-order valence-corrected chi connectivity index (χ0v) is 14.3. The van der Waals surface area contributed by atoms with Gasteiger partial charge in [0.1, 0.15) is 0 Å². The third-order valence-corrected chi connectivity index (χ3v) is 5.43. The molecule has 1 aromatic rings. The zero-order valence-electron chi connectivity index (χ0n) is 14.3. The molecule has 2 aliphatic rings. The standard InChI is InChI=1S/C19H23NO5/c1-24-15-5-4-14(10-16(15)25-11-13-2-3-13)18(12-20)6-8-19(23,9-7-18)17(21)22/h4-5,10,13,23H,2-3,6-9,11H2,1H3,(H,21,22). The predicted octanol–water partition coefficient (Wildman–Crippen LogP) is 2.64. The van der Waals surface area contributed by atoms with Gasteiger partial charge in [-0.25, -0.2) is 4.79 Å². The number of carboxylic acids is 1. The van der Waals surface area contributed by atoms with E-state index in [4.69, 9.17) is 9.47 Å². The summed E-state index contributed by atoms with van der Waals surface area (Å²) in [5, 5.41) is 29.1. The zero-order chi connectivity index (χ0) is 18.1. The van der Waals surface area contributed by atoms with Gasteiger partial charge in [0.2, 0.25) is 0 Å². The minimum Gasteiger partial charge on any atom is -0.493 e. The van der Waals surface area contributed by atoms with E-state index in [9.17, 15) is 20.3 Å². The fourth-order valence-electron chi connectivity index (χ4n) is 3.35. The van der Waals surface area contributed by atoms with Crippen molar-refractivity contribution in [3.8, 4) is 17.6 Å². The van der Waals surface area contributed by atoms with Crippen LogP contribution in [0.1, 0.15) is 44.1 Å². The lowest BCUT2D eigenvalue weighted by atomic mass is 9.66. The Morgan fingerprint density at radius 1 is 1.28 bits per heavy atom. The lowest BCUT2D eigenvalue weighted by Crippen LogP contribution is -2.46. The van der Waals surface area contributed by atoms with Crippen molar-refractivity contribution in [1.82, 2.24) is 0 Å². The number of nitrogens with zero attached hydrogens (tertiary/aromatic N) is 1. The van der Waals surface area contributed by atoms with Crippen LogP contribution in [0, 0.1) is 17.2 Å². The van der Waals surface area contributed by atoms with Crippen LogP contribution in [0.25, 0.3) is 0 Å². The minimum atomic E-state index is -1.74. The second-order valence-corrected chi connectivity index (χ2v) is 7.15. The van der Waals surface area contributed by atoms with E-state index < -0.39 is 17.0 Å². The van der Waals surface area contributed by atoms with Gasteiger partial charge in [0.05, 0.1) is 25.2 Å².